The van der Waals surface area contributed by atoms with Crippen molar-refractivity contribution in [3.63, 3.8) is 0 Å². The molecule has 3 rings (SSSR count). The van der Waals surface area contributed by atoms with Gasteiger partial charge >= 0.3 is 0 Å². The van der Waals surface area contributed by atoms with Crippen molar-refractivity contribution in [2.75, 3.05) is 7.11 Å². The Balaban J connectivity index is 2.06. The Morgan fingerprint density at radius 3 is 2.81 bits per heavy atom. The highest BCUT2D eigenvalue weighted by atomic mass is 35.5. The maximum Gasteiger partial charge on any atom is 0.188 e. The summed E-state index contributed by atoms with van der Waals surface area (Å²) in [7, 11) is 1.63. The highest BCUT2D eigenvalue weighted by Gasteiger charge is 2.41. The summed E-state index contributed by atoms with van der Waals surface area (Å²) in [4.78, 5) is 0. The van der Waals surface area contributed by atoms with Crippen LogP contribution < -0.4 is 0 Å². The molecule has 1 fully saturated rings. The van der Waals surface area contributed by atoms with Crippen molar-refractivity contribution in [2.45, 2.75) is 12.4 Å². The van der Waals surface area contributed by atoms with E-state index in [9.17, 15) is 0 Å². The molecular formula is C11H9Cl2NO2. The Labute approximate surface area is 102 Å². The van der Waals surface area contributed by atoms with Gasteiger partial charge in [0.15, 0.2) is 6.29 Å². The second kappa shape index (κ2) is 3.64. The summed E-state index contributed by atoms with van der Waals surface area (Å²) in [6.07, 6.45) is 3.65. The summed E-state index contributed by atoms with van der Waals surface area (Å²) in [5.74, 6) is 0. The molecule has 2 unspecified atom stereocenters. The third-order valence-corrected chi connectivity index (χ3v) is 3.16. The molecule has 84 valence electrons. The summed E-state index contributed by atoms with van der Waals surface area (Å²) in [5, 5.41) is 1.24. The van der Waals surface area contributed by atoms with Gasteiger partial charge in [0.2, 0.25) is 0 Å². The fourth-order valence-corrected chi connectivity index (χ4v) is 2.37. The van der Waals surface area contributed by atoms with E-state index in [0.717, 1.165) is 11.1 Å². The second-order valence-corrected chi connectivity index (χ2v) is 4.58. The van der Waals surface area contributed by atoms with Gasteiger partial charge in [0.25, 0.3) is 0 Å². The lowest BCUT2D eigenvalue weighted by molar-refractivity contribution is 0.0950. The average molecular weight is 258 g/mol. The van der Waals surface area contributed by atoms with Gasteiger partial charge in [-0.1, -0.05) is 23.2 Å². The van der Waals surface area contributed by atoms with Crippen LogP contribution in [0.1, 0.15) is 11.7 Å². The molecule has 0 bridgehead atoms. The number of rotatable bonds is 2. The van der Waals surface area contributed by atoms with E-state index in [1.807, 2.05) is 22.9 Å². The molecule has 0 amide bonds. The molecule has 1 aliphatic heterocycles. The Hall–Kier alpha value is -0.740. The zero-order chi connectivity index (χ0) is 11.3. The Bertz CT molecular complexity index is 552. The summed E-state index contributed by atoms with van der Waals surface area (Å²) in [5.41, 5.74) is 1.97. The molecular weight excluding hydrogens is 249 g/mol. The van der Waals surface area contributed by atoms with Crippen molar-refractivity contribution in [3.8, 4) is 0 Å². The highest BCUT2D eigenvalue weighted by Crippen LogP contribution is 2.40. The van der Waals surface area contributed by atoms with Crippen molar-refractivity contribution >= 4 is 28.7 Å². The van der Waals surface area contributed by atoms with Crippen LogP contribution in [-0.2, 0) is 9.47 Å². The minimum absolute atomic E-state index is 0.0137. The van der Waals surface area contributed by atoms with E-state index in [-0.39, 0.29) is 12.4 Å². The van der Waals surface area contributed by atoms with Gasteiger partial charge < -0.3 is 13.9 Å². The fraction of sp³-hybridized carbons (Fsp3) is 0.273. The van der Waals surface area contributed by atoms with Crippen LogP contribution in [0.4, 0.5) is 0 Å². The van der Waals surface area contributed by atoms with Crippen LogP contribution in [0.25, 0.3) is 5.52 Å². The first-order valence-corrected chi connectivity index (χ1v) is 5.59. The molecule has 1 saturated heterocycles. The number of ether oxygens (including phenoxy) is 2. The number of halogens is 2. The highest BCUT2D eigenvalue weighted by molar-refractivity contribution is 6.36. The quantitative estimate of drug-likeness (QED) is 0.772. The first-order chi connectivity index (χ1) is 7.69. The first-order valence-electron chi connectivity index (χ1n) is 4.84. The van der Waals surface area contributed by atoms with Gasteiger partial charge in [-0.2, -0.15) is 0 Å². The lowest BCUT2D eigenvalue weighted by Gasteiger charge is -1.97. The van der Waals surface area contributed by atoms with Crippen molar-refractivity contribution < 1.29 is 9.47 Å². The summed E-state index contributed by atoms with van der Waals surface area (Å²) < 4.78 is 12.3. The van der Waals surface area contributed by atoms with Crippen LogP contribution in [0.3, 0.4) is 0 Å². The SMILES string of the molecule is COC1OC1c1cc2c(Cl)cc(Cl)cn2c1. The Kier molecular flexibility index (Phi) is 2.37. The normalized spacial score (nSPS) is 23.9. The summed E-state index contributed by atoms with van der Waals surface area (Å²) in [6, 6.07) is 3.71. The molecule has 5 heteroatoms. The van der Waals surface area contributed by atoms with Crippen LogP contribution >= 0.6 is 23.2 Å². The minimum atomic E-state index is -0.133. The molecule has 0 N–H and O–H groups in total. The van der Waals surface area contributed by atoms with Gasteiger partial charge in [-0.25, -0.2) is 0 Å². The van der Waals surface area contributed by atoms with E-state index in [2.05, 4.69) is 0 Å². The predicted molar refractivity (Wildman–Crippen MR) is 62.0 cm³/mol. The van der Waals surface area contributed by atoms with E-state index in [1.54, 1.807) is 13.2 Å². The smallest absolute Gasteiger partial charge is 0.188 e. The van der Waals surface area contributed by atoms with E-state index in [4.69, 9.17) is 32.7 Å². The number of methoxy groups -OCH3 is 1. The van der Waals surface area contributed by atoms with Gasteiger partial charge in [0.1, 0.15) is 6.10 Å². The number of aromatic nitrogens is 1. The van der Waals surface area contributed by atoms with E-state index < -0.39 is 0 Å². The standard InChI is InChI=1S/C11H9Cl2NO2/c1-15-11-10(16-11)6-2-9-8(13)3-7(12)5-14(9)4-6/h2-5,10-11H,1H3. The zero-order valence-corrected chi connectivity index (χ0v) is 10.00. The number of hydrogen-bond acceptors (Lipinski definition) is 2. The molecule has 2 aromatic rings. The Morgan fingerprint density at radius 1 is 1.31 bits per heavy atom. The second-order valence-electron chi connectivity index (χ2n) is 3.73. The lowest BCUT2D eigenvalue weighted by atomic mass is 10.2. The van der Waals surface area contributed by atoms with Crippen LogP contribution in [-0.4, -0.2) is 17.8 Å². The molecule has 3 heterocycles. The van der Waals surface area contributed by atoms with Crippen LogP contribution in [0, 0.1) is 0 Å². The maximum absolute atomic E-state index is 6.09. The van der Waals surface area contributed by atoms with Crippen LogP contribution in [0.5, 0.6) is 0 Å². The van der Waals surface area contributed by atoms with Gasteiger partial charge in [-0.15, -0.1) is 0 Å². The van der Waals surface area contributed by atoms with Crippen molar-refractivity contribution in [1.82, 2.24) is 4.40 Å². The number of nitrogens with zero attached hydrogens (tertiary/aromatic N) is 1. The first kappa shape index (κ1) is 10.4. The van der Waals surface area contributed by atoms with E-state index >= 15 is 0 Å². The van der Waals surface area contributed by atoms with E-state index in [1.165, 1.54) is 0 Å². The van der Waals surface area contributed by atoms with Crippen LogP contribution in [0.2, 0.25) is 10.0 Å². The molecule has 2 atom stereocenters. The number of pyridine rings is 1. The number of hydrogen-bond donors (Lipinski definition) is 0. The molecule has 16 heavy (non-hydrogen) atoms. The van der Waals surface area contributed by atoms with Gasteiger partial charge in [0, 0.05) is 25.1 Å². The molecule has 0 aliphatic carbocycles. The Morgan fingerprint density at radius 2 is 2.12 bits per heavy atom. The molecule has 2 aromatic heterocycles. The molecule has 1 aliphatic rings. The third-order valence-electron chi connectivity index (χ3n) is 2.65. The summed E-state index contributed by atoms with van der Waals surface area (Å²) >= 11 is 12.0. The molecule has 3 nitrogen and oxygen atoms in total. The predicted octanol–water partition coefficient (Wildman–Crippen LogP) is 3.29. The summed E-state index contributed by atoms with van der Waals surface area (Å²) in [6.45, 7) is 0. The van der Waals surface area contributed by atoms with Crippen LogP contribution in [0.15, 0.2) is 24.5 Å². The zero-order valence-electron chi connectivity index (χ0n) is 8.48. The largest absolute Gasteiger partial charge is 0.353 e. The van der Waals surface area contributed by atoms with Crippen molar-refractivity contribution in [2.24, 2.45) is 0 Å². The maximum atomic E-state index is 6.09. The lowest BCUT2D eigenvalue weighted by Crippen LogP contribution is -1.89. The van der Waals surface area contributed by atoms with Crippen molar-refractivity contribution in [1.29, 1.82) is 0 Å². The minimum Gasteiger partial charge on any atom is -0.353 e. The third kappa shape index (κ3) is 1.60. The van der Waals surface area contributed by atoms with Crippen molar-refractivity contribution in [3.05, 3.63) is 40.1 Å². The van der Waals surface area contributed by atoms with Gasteiger partial charge in [0.05, 0.1) is 15.6 Å². The number of epoxide rings is 1. The van der Waals surface area contributed by atoms with E-state index in [0.29, 0.717) is 10.0 Å². The molecule has 0 radical (unpaired) electrons. The average Bonchev–Trinajstić information content (AvgIpc) is 2.91. The fourth-order valence-electron chi connectivity index (χ4n) is 1.83. The molecule has 0 aromatic carbocycles. The van der Waals surface area contributed by atoms with Gasteiger partial charge in [-0.3, -0.25) is 0 Å². The molecule has 0 saturated carbocycles. The van der Waals surface area contributed by atoms with Gasteiger partial charge in [-0.05, 0) is 12.1 Å². The number of fused-ring (bicyclic) bond motifs is 1. The monoisotopic (exact) mass is 257 g/mol. The topological polar surface area (TPSA) is 26.2 Å². The molecule has 0 spiro atoms.